The molecule has 0 aliphatic heterocycles. The van der Waals surface area contributed by atoms with Crippen molar-refractivity contribution in [3.8, 4) is 0 Å². The van der Waals surface area contributed by atoms with Gasteiger partial charge in [-0.1, -0.05) is 35.3 Å². The quantitative estimate of drug-likeness (QED) is 0.786. The van der Waals surface area contributed by atoms with E-state index in [1.807, 2.05) is 0 Å². The molecule has 6 heteroatoms. The summed E-state index contributed by atoms with van der Waals surface area (Å²) < 4.78 is 9.78. The molecule has 2 aromatic rings. The lowest BCUT2D eigenvalue weighted by Gasteiger charge is -2.06. The van der Waals surface area contributed by atoms with Gasteiger partial charge in [-0.05, 0) is 35.9 Å². The van der Waals surface area contributed by atoms with Gasteiger partial charge in [-0.3, -0.25) is 0 Å². The molecular weight excluding hydrogens is 327 g/mol. The number of benzene rings is 2. The van der Waals surface area contributed by atoms with E-state index in [4.69, 9.17) is 27.9 Å². The second kappa shape index (κ2) is 7.29. The van der Waals surface area contributed by atoms with Crippen molar-refractivity contribution in [2.45, 2.75) is 6.61 Å². The van der Waals surface area contributed by atoms with Crippen LogP contribution in [0, 0.1) is 0 Å². The van der Waals surface area contributed by atoms with Crippen molar-refractivity contribution in [2.24, 2.45) is 0 Å². The molecule has 0 unspecified atom stereocenters. The summed E-state index contributed by atoms with van der Waals surface area (Å²) in [4.78, 5) is 23.2. The highest BCUT2D eigenvalue weighted by atomic mass is 35.5. The summed E-state index contributed by atoms with van der Waals surface area (Å²) in [6.07, 6.45) is 0. The molecule has 0 spiro atoms. The van der Waals surface area contributed by atoms with Crippen LogP contribution in [0.3, 0.4) is 0 Å². The number of rotatable bonds is 4. The summed E-state index contributed by atoms with van der Waals surface area (Å²) in [5.41, 5.74) is 1.50. The molecule has 0 bridgehead atoms. The average Bonchev–Trinajstić information content (AvgIpc) is 2.54. The maximum atomic E-state index is 11.9. The van der Waals surface area contributed by atoms with Gasteiger partial charge in [-0.25, -0.2) is 9.59 Å². The van der Waals surface area contributed by atoms with E-state index in [1.165, 1.54) is 25.3 Å². The van der Waals surface area contributed by atoms with Crippen LogP contribution >= 0.6 is 23.2 Å². The van der Waals surface area contributed by atoms with Crippen LogP contribution in [0.1, 0.15) is 26.3 Å². The standard InChI is InChI=1S/C16H12Cl2O4/c1-21-15(19)11-4-2-10(3-5-11)9-22-16(20)12-6-7-13(17)14(18)8-12/h2-8H,9H2,1H3. The van der Waals surface area contributed by atoms with Crippen molar-refractivity contribution in [1.29, 1.82) is 0 Å². The molecular formula is C16H12Cl2O4. The molecule has 22 heavy (non-hydrogen) atoms. The van der Waals surface area contributed by atoms with E-state index >= 15 is 0 Å². The average molecular weight is 339 g/mol. The molecule has 0 atom stereocenters. The first-order chi connectivity index (χ1) is 10.5. The van der Waals surface area contributed by atoms with Crippen molar-refractivity contribution < 1.29 is 19.1 Å². The second-order valence-electron chi connectivity index (χ2n) is 4.39. The minimum absolute atomic E-state index is 0.0839. The molecule has 0 fully saturated rings. The van der Waals surface area contributed by atoms with Crippen LogP contribution in [0.4, 0.5) is 0 Å². The third-order valence-corrected chi connectivity index (χ3v) is 3.64. The lowest BCUT2D eigenvalue weighted by atomic mass is 10.1. The van der Waals surface area contributed by atoms with Gasteiger partial charge in [-0.2, -0.15) is 0 Å². The monoisotopic (exact) mass is 338 g/mol. The summed E-state index contributed by atoms with van der Waals surface area (Å²) >= 11 is 11.6. The number of carbonyl (C=O) groups is 2. The number of ether oxygens (including phenoxy) is 2. The van der Waals surface area contributed by atoms with Gasteiger partial charge in [0.05, 0.1) is 28.3 Å². The Kier molecular flexibility index (Phi) is 5.41. The van der Waals surface area contributed by atoms with E-state index in [1.54, 1.807) is 24.3 Å². The second-order valence-corrected chi connectivity index (χ2v) is 5.21. The lowest BCUT2D eigenvalue weighted by molar-refractivity contribution is 0.0471. The van der Waals surface area contributed by atoms with Gasteiger partial charge in [0, 0.05) is 0 Å². The smallest absolute Gasteiger partial charge is 0.338 e. The van der Waals surface area contributed by atoms with Crippen molar-refractivity contribution in [1.82, 2.24) is 0 Å². The first kappa shape index (κ1) is 16.3. The van der Waals surface area contributed by atoms with E-state index < -0.39 is 11.9 Å². The minimum Gasteiger partial charge on any atom is -0.465 e. The number of esters is 2. The number of carbonyl (C=O) groups excluding carboxylic acids is 2. The number of methoxy groups -OCH3 is 1. The van der Waals surface area contributed by atoms with Crippen LogP contribution in [-0.2, 0) is 16.1 Å². The number of halogens is 2. The largest absolute Gasteiger partial charge is 0.465 e. The van der Waals surface area contributed by atoms with E-state index in [-0.39, 0.29) is 6.61 Å². The van der Waals surface area contributed by atoms with Gasteiger partial charge in [-0.15, -0.1) is 0 Å². The molecule has 0 saturated carbocycles. The van der Waals surface area contributed by atoms with Crippen molar-refractivity contribution in [2.75, 3.05) is 7.11 Å². The Balaban J connectivity index is 1.98. The molecule has 0 heterocycles. The molecule has 0 amide bonds. The zero-order valence-corrected chi connectivity index (χ0v) is 13.1. The van der Waals surface area contributed by atoms with Gasteiger partial charge in [0.2, 0.25) is 0 Å². The van der Waals surface area contributed by atoms with Crippen LogP contribution < -0.4 is 0 Å². The molecule has 0 saturated heterocycles. The molecule has 2 aromatic carbocycles. The van der Waals surface area contributed by atoms with Gasteiger partial charge in [0.1, 0.15) is 6.61 Å². The van der Waals surface area contributed by atoms with Gasteiger partial charge < -0.3 is 9.47 Å². The van der Waals surface area contributed by atoms with Crippen LogP contribution in [-0.4, -0.2) is 19.0 Å². The first-order valence-electron chi connectivity index (χ1n) is 6.30. The Morgan fingerprint density at radius 1 is 0.909 bits per heavy atom. The van der Waals surface area contributed by atoms with E-state index in [0.29, 0.717) is 21.2 Å². The Bertz CT molecular complexity index is 696. The molecule has 2 rings (SSSR count). The van der Waals surface area contributed by atoms with Crippen LogP contribution in [0.15, 0.2) is 42.5 Å². The molecule has 0 aliphatic rings. The Hall–Kier alpha value is -2.04. The van der Waals surface area contributed by atoms with Crippen molar-refractivity contribution in [3.63, 3.8) is 0 Å². The predicted molar refractivity (Wildman–Crippen MR) is 83.4 cm³/mol. The number of hydrogen-bond donors (Lipinski definition) is 0. The highest BCUT2D eigenvalue weighted by Gasteiger charge is 2.10. The summed E-state index contributed by atoms with van der Waals surface area (Å²) in [5.74, 6) is -0.921. The SMILES string of the molecule is COC(=O)c1ccc(COC(=O)c2ccc(Cl)c(Cl)c2)cc1. The Morgan fingerprint density at radius 3 is 2.14 bits per heavy atom. The summed E-state index contributed by atoms with van der Waals surface area (Å²) in [7, 11) is 1.31. The summed E-state index contributed by atoms with van der Waals surface area (Å²) in [6, 6.07) is 11.1. The van der Waals surface area contributed by atoms with Gasteiger partial charge >= 0.3 is 11.9 Å². The van der Waals surface area contributed by atoms with Crippen molar-refractivity contribution in [3.05, 3.63) is 69.2 Å². The zero-order valence-electron chi connectivity index (χ0n) is 11.6. The molecule has 0 radical (unpaired) electrons. The Morgan fingerprint density at radius 2 is 1.55 bits per heavy atom. The topological polar surface area (TPSA) is 52.6 Å². The highest BCUT2D eigenvalue weighted by Crippen LogP contribution is 2.23. The van der Waals surface area contributed by atoms with E-state index in [0.717, 1.165) is 5.56 Å². The third-order valence-electron chi connectivity index (χ3n) is 2.90. The van der Waals surface area contributed by atoms with E-state index in [9.17, 15) is 9.59 Å². The maximum Gasteiger partial charge on any atom is 0.338 e. The lowest BCUT2D eigenvalue weighted by Crippen LogP contribution is -2.06. The van der Waals surface area contributed by atoms with Crippen LogP contribution in [0.2, 0.25) is 10.0 Å². The van der Waals surface area contributed by atoms with Crippen LogP contribution in [0.25, 0.3) is 0 Å². The van der Waals surface area contributed by atoms with Gasteiger partial charge in [0.25, 0.3) is 0 Å². The minimum atomic E-state index is -0.504. The number of hydrogen-bond acceptors (Lipinski definition) is 4. The Labute approximate surface area is 137 Å². The highest BCUT2D eigenvalue weighted by molar-refractivity contribution is 6.42. The van der Waals surface area contributed by atoms with Crippen LogP contribution in [0.5, 0.6) is 0 Å². The summed E-state index contributed by atoms with van der Waals surface area (Å²) in [6.45, 7) is 0.0839. The zero-order chi connectivity index (χ0) is 16.1. The fraction of sp³-hybridized carbons (Fsp3) is 0.125. The predicted octanol–water partition coefficient (Wildman–Crippen LogP) is 4.14. The normalized spacial score (nSPS) is 10.1. The maximum absolute atomic E-state index is 11.9. The third kappa shape index (κ3) is 4.00. The first-order valence-corrected chi connectivity index (χ1v) is 7.06. The van der Waals surface area contributed by atoms with E-state index in [2.05, 4.69) is 4.74 Å². The molecule has 0 aliphatic carbocycles. The molecule has 0 aromatic heterocycles. The van der Waals surface area contributed by atoms with Crippen molar-refractivity contribution >= 4 is 35.1 Å². The molecule has 4 nitrogen and oxygen atoms in total. The fourth-order valence-electron chi connectivity index (χ4n) is 1.71. The molecule has 114 valence electrons. The van der Waals surface area contributed by atoms with Gasteiger partial charge in [0.15, 0.2) is 0 Å². The molecule has 0 N–H and O–H groups in total. The summed E-state index contributed by atoms with van der Waals surface area (Å²) in [5, 5.41) is 0.662. The fourth-order valence-corrected chi connectivity index (χ4v) is 2.01.